The van der Waals surface area contributed by atoms with E-state index in [0.29, 0.717) is 23.4 Å². The van der Waals surface area contributed by atoms with Crippen LogP contribution in [0.2, 0.25) is 0 Å². The van der Waals surface area contributed by atoms with Crippen molar-refractivity contribution >= 4 is 16.9 Å². The van der Waals surface area contributed by atoms with Gasteiger partial charge in [-0.25, -0.2) is 13.8 Å². The Morgan fingerprint density at radius 3 is 2.41 bits per heavy atom. The van der Waals surface area contributed by atoms with Crippen molar-refractivity contribution in [2.45, 2.75) is 18.3 Å². The highest BCUT2D eigenvalue weighted by molar-refractivity contribution is 5.75. The molecule has 3 aromatic rings. The van der Waals surface area contributed by atoms with E-state index >= 15 is 0 Å². The molecule has 4 rings (SSSR count). The highest BCUT2D eigenvalue weighted by Gasteiger charge is 2.35. The van der Waals surface area contributed by atoms with Gasteiger partial charge in [0.05, 0.1) is 17.2 Å². The van der Waals surface area contributed by atoms with E-state index in [9.17, 15) is 8.78 Å². The normalized spacial score (nSPS) is 17.1. The number of nitrogens with zero attached hydrogens (tertiary/aromatic N) is 3. The first-order valence-corrected chi connectivity index (χ1v) is 9.15. The largest absolute Gasteiger partial charge is 0.368 e. The van der Waals surface area contributed by atoms with Crippen LogP contribution >= 0.6 is 0 Å². The topological polar surface area (TPSA) is 41.0 Å². The monoisotopic (exact) mass is 368 g/mol. The van der Waals surface area contributed by atoms with Gasteiger partial charge >= 0.3 is 0 Å². The fourth-order valence-corrected chi connectivity index (χ4v) is 3.76. The van der Waals surface area contributed by atoms with Crippen molar-refractivity contribution in [2.75, 3.05) is 32.0 Å². The highest BCUT2D eigenvalue weighted by Crippen LogP contribution is 2.35. The van der Waals surface area contributed by atoms with Crippen LogP contribution in [0.1, 0.15) is 18.4 Å². The Balaban J connectivity index is 1.59. The van der Waals surface area contributed by atoms with Gasteiger partial charge in [-0.15, -0.1) is 0 Å². The molecule has 2 heterocycles. The Morgan fingerprint density at radius 2 is 1.70 bits per heavy atom. The van der Waals surface area contributed by atoms with E-state index in [1.54, 1.807) is 6.20 Å². The van der Waals surface area contributed by atoms with Crippen LogP contribution in [0.4, 0.5) is 14.6 Å². The quantitative estimate of drug-likeness (QED) is 0.756. The molecule has 140 valence electrons. The molecule has 1 N–H and O–H groups in total. The molecule has 2 aromatic carbocycles. The summed E-state index contributed by atoms with van der Waals surface area (Å²) in [4.78, 5) is 11.0. The van der Waals surface area contributed by atoms with Crippen LogP contribution in [0.5, 0.6) is 0 Å². The van der Waals surface area contributed by atoms with Gasteiger partial charge in [-0.05, 0) is 38.5 Å². The number of likely N-dealkylation sites (tertiary alicyclic amines) is 1. The maximum atomic E-state index is 13.5. The third kappa shape index (κ3) is 3.62. The van der Waals surface area contributed by atoms with E-state index in [0.717, 1.165) is 38.1 Å². The first kappa shape index (κ1) is 17.8. The predicted molar refractivity (Wildman–Crippen MR) is 103 cm³/mol. The lowest BCUT2D eigenvalue weighted by atomic mass is 9.72. The second-order valence-electron chi connectivity index (χ2n) is 7.31. The molecule has 1 aliphatic heterocycles. The fourth-order valence-electron chi connectivity index (χ4n) is 3.76. The number of anilines is 1. The van der Waals surface area contributed by atoms with Crippen molar-refractivity contribution in [1.29, 1.82) is 0 Å². The summed E-state index contributed by atoms with van der Waals surface area (Å²) in [5, 5.41) is 3.39. The number of rotatable bonds is 4. The first-order chi connectivity index (χ1) is 13.1. The molecule has 0 bridgehead atoms. The Hall–Kier alpha value is -2.60. The number of benzene rings is 2. The number of hydrogen-bond donors (Lipinski definition) is 1. The second kappa shape index (κ2) is 7.19. The van der Waals surface area contributed by atoms with Gasteiger partial charge in [0.25, 0.3) is 0 Å². The molecule has 0 saturated carbocycles. The Labute approximate surface area is 157 Å². The van der Waals surface area contributed by atoms with Crippen molar-refractivity contribution in [3.8, 4) is 0 Å². The van der Waals surface area contributed by atoms with Gasteiger partial charge < -0.3 is 10.2 Å². The lowest BCUT2D eigenvalue weighted by Crippen LogP contribution is -2.45. The average Bonchev–Trinajstić information content (AvgIpc) is 2.69. The predicted octanol–water partition coefficient (Wildman–Crippen LogP) is 3.98. The second-order valence-corrected chi connectivity index (χ2v) is 7.31. The van der Waals surface area contributed by atoms with Crippen molar-refractivity contribution in [1.82, 2.24) is 14.9 Å². The zero-order valence-corrected chi connectivity index (χ0v) is 15.3. The summed E-state index contributed by atoms with van der Waals surface area (Å²) in [6, 6.07) is 12.7. The van der Waals surface area contributed by atoms with Crippen LogP contribution in [-0.2, 0) is 5.41 Å². The number of hydrogen-bond acceptors (Lipinski definition) is 4. The van der Waals surface area contributed by atoms with Crippen LogP contribution in [0.25, 0.3) is 11.0 Å². The molecule has 0 aliphatic carbocycles. The Kier molecular flexibility index (Phi) is 4.74. The van der Waals surface area contributed by atoms with E-state index in [1.165, 1.54) is 5.56 Å². The molecule has 1 fully saturated rings. The molecule has 6 heteroatoms. The minimum absolute atomic E-state index is 0.0124. The van der Waals surface area contributed by atoms with Crippen molar-refractivity contribution in [2.24, 2.45) is 0 Å². The van der Waals surface area contributed by atoms with Crippen LogP contribution in [0.15, 0.2) is 48.7 Å². The van der Waals surface area contributed by atoms with Gasteiger partial charge in [0.2, 0.25) is 0 Å². The summed E-state index contributed by atoms with van der Waals surface area (Å²) in [6.45, 7) is 2.78. The zero-order chi connectivity index (χ0) is 18.9. The van der Waals surface area contributed by atoms with Gasteiger partial charge in [-0.2, -0.15) is 0 Å². The van der Waals surface area contributed by atoms with Crippen molar-refractivity contribution in [3.05, 3.63) is 65.9 Å². The van der Waals surface area contributed by atoms with Crippen LogP contribution in [-0.4, -0.2) is 41.5 Å². The van der Waals surface area contributed by atoms with Gasteiger partial charge in [0.15, 0.2) is 11.6 Å². The Morgan fingerprint density at radius 1 is 1.04 bits per heavy atom. The van der Waals surface area contributed by atoms with Crippen LogP contribution < -0.4 is 5.32 Å². The molecule has 0 amide bonds. The van der Waals surface area contributed by atoms with E-state index in [-0.39, 0.29) is 5.41 Å². The number of fused-ring (bicyclic) bond motifs is 1. The number of aromatic nitrogens is 2. The summed E-state index contributed by atoms with van der Waals surface area (Å²) in [5.41, 5.74) is 2.01. The lowest BCUT2D eigenvalue weighted by Gasteiger charge is -2.41. The third-order valence-corrected chi connectivity index (χ3v) is 5.52. The van der Waals surface area contributed by atoms with Crippen LogP contribution in [0, 0.1) is 11.6 Å². The van der Waals surface area contributed by atoms with Gasteiger partial charge in [0.1, 0.15) is 5.82 Å². The smallest absolute Gasteiger partial charge is 0.161 e. The number of piperidine rings is 1. The van der Waals surface area contributed by atoms with Gasteiger partial charge in [-0.1, -0.05) is 30.3 Å². The third-order valence-electron chi connectivity index (χ3n) is 5.52. The number of nitrogens with one attached hydrogen (secondary N) is 1. The van der Waals surface area contributed by atoms with Crippen molar-refractivity contribution in [3.63, 3.8) is 0 Å². The zero-order valence-electron chi connectivity index (χ0n) is 15.3. The summed E-state index contributed by atoms with van der Waals surface area (Å²) >= 11 is 0. The highest BCUT2D eigenvalue weighted by atomic mass is 19.2. The summed E-state index contributed by atoms with van der Waals surface area (Å²) in [6.07, 6.45) is 3.66. The molecule has 1 aromatic heterocycles. The molecular formula is C21H22F2N4. The maximum Gasteiger partial charge on any atom is 0.161 e. The van der Waals surface area contributed by atoms with E-state index in [2.05, 4.69) is 51.5 Å². The minimum Gasteiger partial charge on any atom is -0.368 e. The van der Waals surface area contributed by atoms with E-state index in [1.807, 2.05) is 6.07 Å². The lowest BCUT2D eigenvalue weighted by molar-refractivity contribution is 0.195. The molecule has 1 saturated heterocycles. The maximum absolute atomic E-state index is 13.5. The summed E-state index contributed by atoms with van der Waals surface area (Å²) in [5.74, 6) is -1.25. The molecule has 0 radical (unpaired) electrons. The molecule has 0 spiro atoms. The fraction of sp³-hybridized carbons (Fsp3) is 0.333. The summed E-state index contributed by atoms with van der Waals surface area (Å²) in [7, 11) is 2.14. The SMILES string of the molecule is CN1CCC(CNc2cnc3cc(F)c(F)cc3n2)(c2ccccc2)CC1. The van der Waals surface area contributed by atoms with Gasteiger partial charge in [-0.3, -0.25) is 4.98 Å². The average molecular weight is 368 g/mol. The minimum atomic E-state index is -0.912. The van der Waals surface area contributed by atoms with E-state index < -0.39 is 11.6 Å². The molecule has 4 nitrogen and oxygen atoms in total. The first-order valence-electron chi connectivity index (χ1n) is 9.15. The summed E-state index contributed by atoms with van der Waals surface area (Å²) < 4.78 is 26.9. The van der Waals surface area contributed by atoms with Gasteiger partial charge in [0, 0.05) is 24.1 Å². The standard InChI is InChI=1S/C21H22F2N4/c1-27-9-7-21(8-10-27,15-5-3-2-4-6-15)14-25-20-13-24-18-11-16(22)17(23)12-19(18)26-20/h2-6,11-13H,7-10,14H2,1H3,(H,25,26). The van der Waals surface area contributed by atoms with E-state index in [4.69, 9.17) is 0 Å². The number of halogens is 2. The van der Waals surface area contributed by atoms with Crippen molar-refractivity contribution < 1.29 is 8.78 Å². The molecule has 27 heavy (non-hydrogen) atoms. The Bertz CT molecular complexity index is 938. The molecule has 1 aliphatic rings. The molecule has 0 atom stereocenters. The van der Waals surface area contributed by atoms with Crippen LogP contribution in [0.3, 0.4) is 0 Å². The molecule has 0 unspecified atom stereocenters. The molecular weight excluding hydrogens is 346 g/mol.